The second kappa shape index (κ2) is 8.74. The Labute approximate surface area is 198 Å². The number of amides is 2. The third-order valence-corrected chi connectivity index (χ3v) is 7.22. The van der Waals surface area contributed by atoms with Gasteiger partial charge in [0, 0.05) is 29.2 Å². The summed E-state index contributed by atoms with van der Waals surface area (Å²) < 4.78 is 2.48. The van der Waals surface area contributed by atoms with Crippen LogP contribution in [0.2, 0.25) is 0 Å². The van der Waals surface area contributed by atoms with E-state index in [9.17, 15) is 9.59 Å². The van der Waals surface area contributed by atoms with E-state index in [0.29, 0.717) is 14.1 Å². The minimum atomic E-state index is -0.350. The number of hydrogen-bond acceptors (Lipinski definition) is 5. The van der Waals surface area contributed by atoms with E-state index in [1.807, 2.05) is 47.9 Å². The fourth-order valence-corrected chi connectivity index (χ4v) is 5.35. The first kappa shape index (κ1) is 20.7. The Kier molecular flexibility index (Phi) is 5.65. The molecule has 8 heteroatoms. The maximum absolute atomic E-state index is 13.0. The molecule has 1 saturated heterocycles. The van der Waals surface area contributed by atoms with Crippen molar-refractivity contribution < 1.29 is 9.59 Å². The predicted molar refractivity (Wildman–Crippen MR) is 134 cm³/mol. The number of thiocarbonyl (C=S) groups is 1. The van der Waals surface area contributed by atoms with Crippen molar-refractivity contribution in [2.24, 2.45) is 0 Å². The van der Waals surface area contributed by atoms with Crippen LogP contribution in [-0.4, -0.2) is 25.7 Å². The van der Waals surface area contributed by atoms with E-state index in [4.69, 9.17) is 12.2 Å². The van der Waals surface area contributed by atoms with E-state index >= 15 is 0 Å². The molecule has 3 heterocycles. The molecule has 4 aromatic rings. The van der Waals surface area contributed by atoms with Crippen LogP contribution in [0.25, 0.3) is 17.0 Å². The Morgan fingerprint density at radius 2 is 1.81 bits per heavy atom. The monoisotopic (exact) mass is 475 g/mol. The third kappa shape index (κ3) is 4.00. The van der Waals surface area contributed by atoms with Crippen LogP contribution in [0.5, 0.6) is 0 Å². The summed E-state index contributed by atoms with van der Waals surface area (Å²) in [6, 6.07) is 21.8. The first-order chi connectivity index (χ1) is 15.6. The zero-order chi connectivity index (χ0) is 22.1. The molecule has 5 nitrogen and oxygen atoms in total. The highest BCUT2D eigenvalue weighted by Gasteiger charge is 2.34. The van der Waals surface area contributed by atoms with E-state index in [0.717, 1.165) is 28.0 Å². The van der Waals surface area contributed by atoms with E-state index < -0.39 is 0 Å². The molecule has 0 bridgehead atoms. The predicted octanol–water partition coefficient (Wildman–Crippen LogP) is 5.30. The Bertz CT molecular complexity index is 1360. The van der Waals surface area contributed by atoms with Crippen LogP contribution in [0.4, 0.5) is 0 Å². The number of hydrogen-bond donors (Lipinski definition) is 1. The number of thioether (sulfide) groups is 1. The molecule has 0 unspecified atom stereocenters. The van der Waals surface area contributed by atoms with Crippen molar-refractivity contribution in [1.29, 1.82) is 0 Å². The molecule has 0 radical (unpaired) electrons. The number of thiophene rings is 1. The molecule has 1 N–H and O–H groups in total. The van der Waals surface area contributed by atoms with E-state index in [1.165, 1.54) is 28.7 Å². The fraction of sp³-hybridized carbons (Fsp3) is 0.0417. The fourth-order valence-electron chi connectivity index (χ4n) is 3.57. The van der Waals surface area contributed by atoms with Crippen LogP contribution in [-0.2, 0) is 11.3 Å². The topological polar surface area (TPSA) is 54.3 Å². The molecule has 0 spiro atoms. The Hall–Kier alpha value is -3.20. The average molecular weight is 476 g/mol. The number of carbonyl (C=O) groups is 2. The van der Waals surface area contributed by atoms with Crippen molar-refractivity contribution >= 4 is 68.4 Å². The third-order valence-electron chi connectivity index (χ3n) is 5.05. The zero-order valence-electron chi connectivity index (χ0n) is 16.7. The number of nitrogens with one attached hydrogen (secondary N) is 1. The lowest BCUT2D eigenvalue weighted by Crippen LogP contribution is -2.44. The van der Waals surface area contributed by atoms with Crippen LogP contribution >= 0.6 is 35.3 Å². The molecule has 0 aliphatic carbocycles. The lowest BCUT2D eigenvalue weighted by atomic mass is 10.1. The lowest BCUT2D eigenvalue weighted by molar-refractivity contribution is -0.123. The quantitative estimate of drug-likeness (QED) is 0.315. The van der Waals surface area contributed by atoms with Gasteiger partial charge in [-0.15, -0.1) is 11.3 Å². The average Bonchev–Trinajstić information content (AvgIpc) is 3.52. The summed E-state index contributed by atoms with van der Waals surface area (Å²) in [6.07, 6.45) is 3.90. The van der Waals surface area contributed by atoms with Crippen molar-refractivity contribution in [2.45, 2.75) is 6.54 Å². The second-order valence-corrected chi connectivity index (χ2v) is 9.77. The summed E-state index contributed by atoms with van der Waals surface area (Å²) in [5, 5.41) is 4.01. The number of hydrazine groups is 1. The summed E-state index contributed by atoms with van der Waals surface area (Å²) >= 11 is 7.85. The number of nitrogens with zero attached hydrogens (tertiary/aromatic N) is 2. The number of para-hydroxylation sites is 1. The molecular formula is C24H17N3O2S3. The highest BCUT2D eigenvalue weighted by molar-refractivity contribution is 8.26. The van der Waals surface area contributed by atoms with Gasteiger partial charge in [-0.05, 0) is 41.4 Å². The lowest BCUT2D eigenvalue weighted by Gasteiger charge is -2.14. The Morgan fingerprint density at radius 1 is 1.03 bits per heavy atom. The molecule has 5 rings (SSSR count). The molecule has 158 valence electrons. The van der Waals surface area contributed by atoms with Crippen LogP contribution in [0.1, 0.15) is 20.8 Å². The number of benzene rings is 2. The van der Waals surface area contributed by atoms with Gasteiger partial charge < -0.3 is 4.57 Å². The van der Waals surface area contributed by atoms with Crippen molar-refractivity contribution in [3.63, 3.8) is 0 Å². The normalized spacial score (nSPS) is 15.1. The molecule has 2 amide bonds. The number of fused-ring (bicyclic) bond motifs is 1. The van der Waals surface area contributed by atoms with Crippen LogP contribution < -0.4 is 5.43 Å². The number of rotatable bonds is 5. The van der Waals surface area contributed by atoms with Crippen molar-refractivity contribution in [2.75, 3.05) is 0 Å². The van der Waals surface area contributed by atoms with E-state index in [2.05, 4.69) is 34.4 Å². The molecule has 2 aromatic heterocycles. The van der Waals surface area contributed by atoms with Gasteiger partial charge in [0.05, 0.1) is 9.78 Å². The van der Waals surface area contributed by atoms with Crippen molar-refractivity contribution in [3.05, 3.63) is 99.2 Å². The highest BCUT2D eigenvalue weighted by atomic mass is 32.2. The number of aromatic nitrogens is 1. The first-order valence-electron chi connectivity index (χ1n) is 9.84. The molecule has 2 aromatic carbocycles. The molecule has 1 aliphatic rings. The van der Waals surface area contributed by atoms with Gasteiger partial charge in [0.15, 0.2) is 4.32 Å². The maximum atomic E-state index is 13.0. The van der Waals surface area contributed by atoms with Gasteiger partial charge in [-0.1, -0.05) is 66.4 Å². The standard InChI is InChI=1S/C24H17N3O2S3/c28-22(20-11-6-12-31-20)25-27-23(29)21(32-24(27)30)13-17-15-26(14-16-7-2-1-3-8-16)19-10-5-4-9-18(17)19/h1-13,15H,14H2,(H,25,28)/b21-13-. The first-order valence-corrected chi connectivity index (χ1v) is 11.9. The maximum Gasteiger partial charge on any atom is 0.285 e. The van der Waals surface area contributed by atoms with Gasteiger partial charge in [0.25, 0.3) is 11.8 Å². The zero-order valence-corrected chi connectivity index (χ0v) is 19.2. The summed E-state index contributed by atoms with van der Waals surface area (Å²) in [5.74, 6) is -0.679. The van der Waals surface area contributed by atoms with Crippen molar-refractivity contribution in [3.8, 4) is 0 Å². The molecule has 1 aliphatic heterocycles. The summed E-state index contributed by atoms with van der Waals surface area (Å²) in [6.45, 7) is 0.729. The van der Waals surface area contributed by atoms with Gasteiger partial charge >= 0.3 is 0 Å². The smallest absolute Gasteiger partial charge is 0.285 e. The Balaban J connectivity index is 1.44. The van der Waals surface area contributed by atoms with Gasteiger partial charge in [-0.3, -0.25) is 15.0 Å². The minimum Gasteiger partial charge on any atom is -0.342 e. The summed E-state index contributed by atoms with van der Waals surface area (Å²) in [5.41, 5.74) is 5.83. The van der Waals surface area contributed by atoms with Gasteiger partial charge in [-0.25, -0.2) is 0 Å². The second-order valence-electron chi connectivity index (χ2n) is 7.15. The van der Waals surface area contributed by atoms with Gasteiger partial charge in [0.1, 0.15) is 0 Å². The summed E-state index contributed by atoms with van der Waals surface area (Å²) in [4.78, 5) is 26.4. The summed E-state index contributed by atoms with van der Waals surface area (Å²) in [7, 11) is 0. The van der Waals surface area contributed by atoms with Crippen LogP contribution in [0, 0.1) is 0 Å². The largest absolute Gasteiger partial charge is 0.342 e. The number of carbonyl (C=O) groups excluding carboxylic acids is 2. The molecule has 0 atom stereocenters. The van der Waals surface area contributed by atoms with Crippen molar-refractivity contribution in [1.82, 2.24) is 15.0 Å². The molecule has 32 heavy (non-hydrogen) atoms. The van der Waals surface area contributed by atoms with Gasteiger partial charge in [-0.2, -0.15) is 5.01 Å². The Morgan fingerprint density at radius 3 is 2.59 bits per heavy atom. The molecular weight excluding hydrogens is 458 g/mol. The van der Waals surface area contributed by atoms with E-state index in [-0.39, 0.29) is 11.8 Å². The highest BCUT2D eigenvalue weighted by Crippen LogP contribution is 2.34. The van der Waals surface area contributed by atoms with Crippen LogP contribution in [0.15, 0.2) is 83.2 Å². The van der Waals surface area contributed by atoms with Gasteiger partial charge in [0.2, 0.25) is 0 Å². The minimum absolute atomic E-state index is 0.305. The SMILES string of the molecule is O=C(NN1C(=O)/C(=C/c2cn(Cc3ccccc3)c3ccccc23)SC1=S)c1cccs1. The molecule has 0 saturated carbocycles. The van der Waals surface area contributed by atoms with Crippen LogP contribution in [0.3, 0.4) is 0 Å². The molecule has 1 fully saturated rings. The van der Waals surface area contributed by atoms with E-state index in [1.54, 1.807) is 12.1 Å².